The van der Waals surface area contributed by atoms with Crippen molar-refractivity contribution in [1.82, 2.24) is 15.0 Å². The Balaban J connectivity index is 1.46. The summed E-state index contributed by atoms with van der Waals surface area (Å²) in [6.07, 6.45) is 6.21. The molecule has 0 aliphatic heterocycles. The Morgan fingerprint density at radius 2 is 2.03 bits per heavy atom. The molecule has 29 heavy (non-hydrogen) atoms. The van der Waals surface area contributed by atoms with E-state index in [4.69, 9.17) is 0 Å². The lowest BCUT2D eigenvalue weighted by atomic mass is 10.1. The first kappa shape index (κ1) is 19.0. The van der Waals surface area contributed by atoms with Gasteiger partial charge in [-0.2, -0.15) is 0 Å². The van der Waals surface area contributed by atoms with Crippen LogP contribution in [-0.2, 0) is 6.42 Å². The number of carboxylic acids is 1. The van der Waals surface area contributed by atoms with Crippen molar-refractivity contribution in [3.63, 3.8) is 0 Å². The number of carbonyl (C=O) groups is 1. The van der Waals surface area contributed by atoms with E-state index in [9.17, 15) is 9.90 Å². The lowest BCUT2D eigenvalue weighted by Gasteiger charge is -2.09. The topological polar surface area (TPSA) is 90.9 Å². The SMILES string of the molecule is CSc1cc(-c2cc(NCCc3ccc4[nH]ccc4c3)ncn2)ccc1C(=O)O. The number of fused-ring (bicyclic) bond motifs is 1. The van der Waals surface area contributed by atoms with Crippen molar-refractivity contribution in [2.75, 3.05) is 18.1 Å². The second kappa shape index (κ2) is 8.36. The summed E-state index contributed by atoms with van der Waals surface area (Å²) in [5, 5.41) is 13.8. The van der Waals surface area contributed by atoms with Crippen molar-refractivity contribution >= 4 is 34.5 Å². The zero-order valence-corrected chi connectivity index (χ0v) is 16.7. The van der Waals surface area contributed by atoms with Crippen LogP contribution in [0.15, 0.2) is 66.0 Å². The van der Waals surface area contributed by atoms with E-state index < -0.39 is 5.97 Å². The number of aromatic amines is 1. The van der Waals surface area contributed by atoms with Crippen LogP contribution >= 0.6 is 11.8 Å². The Hall–Kier alpha value is -3.32. The number of thioether (sulfide) groups is 1. The maximum Gasteiger partial charge on any atom is 0.336 e. The number of hydrogen-bond donors (Lipinski definition) is 3. The van der Waals surface area contributed by atoms with Crippen molar-refractivity contribution in [1.29, 1.82) is 0 Å². The lowest BCUT2D eigenvalue weighted by molar-refractivity contribution is 0.0693. The van der Waals surface area contributed by atoms with Gasteiger partial charge in [-0.1, -0.05) is 12.1 Å². The minimum atomic E-state index is -0.927. The van der Waals surface area contributed by atoms with Crippen LogP contribution in [0.2, 0.25) is 0 Å². The molecular formula is C22H20N4O2S. The van der Waals surface area contributed by atoms with Gasteiger partial charge in [-0.05, 0) is 54.0 Å². The van der Waals surface area contributed by atoms with Crippen LogP contribution < -0.4 is 5.32 Å². The molecule has 0 bridgehead atoms. The molecule has 0 fully saturated rings. The van der Waals surface area contributed by atoms with Gasteiger partial charge >= 0.3 is 5.97 Å². The number of nitrogens with zero attached hydrogens (tertiary/aromatic N) is 2. The smallest absolute Gasteiger partial charge is 0.336 e. The molecule has 0 amide bonds. The Bertz CT molecular complexity index is 1170. The minimum Gasteiger partial charge on any atom is -0.478 e. The minimum absolute atomic E-state index is 0.299. The quantitative estimate of drug-likeness (QED) is 0.387. The number of aromatic nitrogens is 3. The highest BCUT2D eigenvalue weighted by atomic mass is 32.2. The van der Waals surface area contributed by atoms with Gasteiger partial charge in [-0.25, -0.2) is 14.8 Å². The molecule has 7 heteroatoms. The van der Waals surface area contributed by atoms with Gasteiger partial charge in [0.05, 0.1) is 11.3 Å². The van der Waals surface area contributed by atoms with Gasteiger partial charge < -0.3 is 15.4 Å². The molecule has 2 aromatic carbocycles. The highest BCUT2D eigenvalue weighted by molar-refractivity contribution is 7.98. The van der Waals surface area contributed by atoms with Crippen LogP contribution in [0.4, 0.5) is 5.82 Å². The molecule has 0 aliphatic carbocycles. The van der Waals surface area contributed by atoms with E-state index >= 15 is 0 Å². The molecule has 0 aliphatic rings. The summed E-state index contributed by atoms with van der Waals surface area (Å²) in [6.45, 7) is 0.750. The maximum atomic E-state index is 11.3. The lowest BCUT2D eigenvalue weighted by Crippen LogP contribution is -2.06. The third kappa shape index (κ3) is 4.25. The maximum absolute atomic E-state index is 11.3. The molecule has 2 aromatic heterocycles. The zero-order valence-electron chi connectivity index (χ0n) is 15.8. The second-order valence-electron chi connectivity index (χ2n) is 6.58. The van der Waals surface area contributed by atoms with E-state index in [0.29, 0.717) is 10.5 Å². The van der Waals surface area contributed by atoms with Gasteiger partial charge in [0, 0.05) is 34.8 Å². The third-order valence-corrected chi connectivity index (χ3v) is 5.51. The third-order valence-electron chi connectivity index (χ3n) is 4.73. The number of carboxylic acid groups (broad SMARTS) is 1. The summed E-state index contributed by atoms with van der Waals surface area (Å²) in [5.41, 5.74) is 4.31. The molecule has 146 valence electrons. The molecule has 4 aromatic rings. The summed E-state index contributed by atoms with van der Waals surface area (Å²) in [5.74, 6) is -0.186. The molecular weight excluding hydrogens is 384 g/mol. The Labute approximate surface area is 172 Å². The second-order valence-corrected chi connectivity index (χ2v) is 7.43. The molecule has 0 saturated carbocycles. The largest absolute Gasteiger partial charge is 0.478 e. The fourth-order valence-corrected chi connectivity index (χ4v) is 3.85. The summed E-state index contributed by atoms with van der Waals surface area (Å²) >= 11 is 1.41. The number of H-pyrrole nitrogens is 1. The summed E-state index contributed by atoms with van der Waals surface area (Å²) < 4.78 is 0. The standard InChI is InChI=1S/C22H20N4O2S/c1-29-20-11-15(3-4-17(20)22(27)28)19-12-21(26-13-25-19)24-8-6-14-2-5-18-16(10-14)7-9-23-18/h2-5,7,9-13,23H,6,8H2,1H3,(H,27,28)(H,24,25,26). The molecule has 2 heterocycles. The average molecular weight is 404 g/mol. The van der Waals surface area contributed by atoms with Gasteiger partial charge in [0.15, 0.2) is 0 Å². The summed E-state index contributed by atoms with van der Waals surface area (Å²) in [6, 6.07) is 15.6. The van der Waals surface area contributed by atoms with Crippen molar-refractivity contribution in [3.8, 4) is 11.3 Å². The monoisotopic (exact) mass is 404 g/mol. The van der Waals surface area contributed by atoms with Gasteiger partial charge in [0.1, 0.15) is 12.1 Å². The van der Waals surface area contributed by atoms with Gasteiger partial charge in [0.25, 0.3) is 0 Å². The Morgan fingerprint density at radius 3 is 2.86 bits per heavy atom. The van der Waals surface area contributed by atoms with Crippen molar-refractivity contribution in [2.45, 2.75) is 11.3 Å². The number of hydrogen-bond acceptors (Lipinski definition) is 5. The van der Waals surface area contributed by atoms with E-state index in [1.165, 1.54) is 29.0 Å². The molecule has 3 N–H and O–H groups in total. The number of benzene rings is 2. The van der Waals surface area contributed by atoms with E-state index in [1.807, 2.05) is 24.6 Å². The predicted molar refractivity (Wildman–Crippen MR) is 117 cm³/mol. The normalized spacial score (nSPS) is 10.9. The Kier molecular flexibility index (Phi) is 5.48. The molecule has 0 saturated heterocycles. The number of nitrogens with one attached hydrogen (secondary N) is 2. The average Bonchev–Trinajstić information content (AvgIpc) is 3.21. The van der Waals surface area contributed by atoms with Gasteiger partial charge in [-0.3, -0.25) is 0 Å². The van der Waals surface area contributed by atoms with Crippen LogP contribution in [0.25, 0.3) is 22.2 Å². The zero-order chi connectivity index (χ0) is 20.2. The first-order chi connectivity index (χ1) is 14.1. The van der Waals surface area contributed by atoms with E-state index in [1.54, 1.807) is 12.1 Å². The fraction of sp³-hybridized carbons (Fsp3) is 0.136. The van der Waals surface area contributed by atoms with Gasteiger partial charge in [0.2, 0.25) is 0 Å². The summed E-state index contributed by atoms with van der Waals surface area (Å²) in [4.78, 5) is 23.9. The first-order valence-corrected chi connectivity index (χ1v) is 10.4. The number of anilines is 1. The first-order valence-electron chi connectivity index (χ1n) is 9.17. The highest BCUT2D eigenvalue weighted by Crippen LogP contribution is 2.27. The van der Waals surface area contributed by atoms with Crippen molar-refractivity contribution in [3.05, 3.63) is 72.2 Å². The van der Waals surface area contributed by atoms with E-state index in [0.717, 1.165) is 35.6 Å². The molecule has 0 unspecified atom stereocenters. The van der Waals surface area contributed by atoms with E-state index in [-0.39, 0.29) is 0 Å². The molecule has 0 radical (unpaired) electrons. The van der Waals surface area contributed by atoms with Gasteiger partial charge in [-0.15, -0.1) is 11.8 Å². The Morgan fingerprint density at radius 1 is 1.14 bits per heavy atom. The molecule has 6 nitrogen and oxygen atoms in total. The van der Waals surface area contributed by atoms with Crippen molar-refractivity contribution in [2.24, 2.45) is 0 Å². The molecule has 0 spiro atoms. The molecule has 4 rings (SSSR count). The van der Waals surface area contributed by atoms with Crippen LogP contribution in [-0.4, -0.2) is 38.8 Å². The molecule has 0 atom stereocenters. The summed E-state index contributed by atoms with van der Waals surface area (Å²) in [7, 11) is 0. The van der Waals surface area contributed by atoms with Crippen LogP contribution in [0.3, 0.4) is 0 Å². The number of aromatic carboxylic acids is 1. The van der Waals surface area contributed by atoms with E-state index in [2.05, 4.69) is 44.5 Å². The van der Waals surface area contributed by atoms with Crippen LogP contribution in [0, 0.1) is 0 Å². The van der Waals surface area contributed by atoms with Crippen molar-refractivity contribution < 1.29 is 9.90 Å². The predicted octanol–water partition coefficient (Wildman–Crippen LogP) is 4.70. The van der Waals surface area contributed by atoms with Crippen LogP contribution in [0.5, 0.6) is 0 Å². The van der Waals surface area contributed by atoms with Crippen LogP contribution in [0.1, 0.15) is 15.9 Å². The highest BCUT2D eigenvalue weighted by Gasteiger charge is 2.11. The fourth-order valence-electron chi connectivity index (χ4n) is 3.23. The number of rotatable bonds is 7.